The van der Waals surface area contributed by atoms with E-state index in [-0.39, 0.29) is 11.6 Å². The Morgan fingerprint density at radius 1 is 1.03 bits per heavy atom. The Morgan fingerprint density at radius 3 is 2.45 bits per heavy atom. The largest absolute Gasteiger partial charge is 0.448 e. The highest BCUT2D eigenvalue weighted by Crippen LogP contribution is 2.22. The molecule has 7 heteroatoms. The second kappa shape index (κ2) is 9.47. The van der Waals surface area contributed by atoms with Crippen molar-refractivity contribution in [1.29, 1.82) is 0 Å². The SMILES string of the molecule is C[C@H](OC(=O)c1cc(-c2ccccc2)n[nH]1)C(=O)Nc1ccc(N2CCCCC2)cc1. The van der Waals surface area contributed by atoms with Gasteiger partial charge in [0.05, 0.1) is 5.69 Å². The quantitative estimate of drug-likeness (QED) is 0.585. The van der Waals surface area contributed by atoms with Crippen LogP contribution in [0.15, 0.2) is 60.7 Å². The molecule has 1 amide bonds. The topological polar surface area (TPSA) is 87.3 Å². The fourth-order valence-electron chi connectivity index (χ4n) is 3.61. The number of nitrogens with one attached hydrogen (secondary N) is 2. The Hall–Kier alpha value is -3.61. The first-order valence-electron chi connectivity index (χ1n) is 10.6. The summed E-state index contributed by atoms with van der Waals surface area (Å²) in [6.07, 6.45) is 2.76. The van der Waals surface area contributed by atoms with Crippen molar-refractivity contribution in [3.63, 3.8) is 0 Å². The van der Waals surface area contributed by atoms with Gasteiger partial charge >= 0.3 is 5.97 Å². The first kappa shape index (κ1) is 20.7. The Bertz CT molecular complexity index is 1020. The molecule has 0 spiro atoms. The van der Waals surface area contributed by atoms with Crippen molar-refractivity contribution in [3.05, 3.63) is 66.4 Å². The van der Waals surface area contributed by atoms with Gasteiger partial charge in [0.2, 0.25) is 0 Å². The maximum atomic E-state index is 12.5. The van der Waals surface area contributed by atoms with Crippen LogP contribution in [0.5, 0.6) is 0 Å². The maximum Gasteiger partial charge on any atom is 0.357 e. The molecular formula is C24H26N4O3. The molecule has 1 saturated heterocycles. The smallest absolute Gasteiger partial charge is 0.357 e. The minimum Gasteiger partial charge on any atom is -0.448 e. The molecule has 0 saturated carbocycles. The second-order valence-electron chi connectivity index (χ2n) is 7.66. The number of carbonyl (C=O) groups is 2. The molecule has 2 N–H and O–H groups in total. The monoisotopic (exact) mass is 418 g/mol. The average Bonchev–Trinajstić information content (AvgIpc) is 3.31. The molecule has 1 fully saturated rings. The Balaban J connectivity index is 1.32. The van der Waals surface area contributed by atoms with Crippen molar-refractivity contribution in [2.75, 3.05) is 23.3 Å². The van der Waals surface area contributed by atoms with Gasteiger partial charge in [-0.2, -0.15) is 5.10 Å². The average molecular weight is 418 g/mol. The summed E-state index contributed by atoms with van der Waals surface area (Å²) in [5.74, 6) is -1.01. The van der Waals surface area contributed by atoms with E-state index in [1.807, 2.05) is 54.6 Å². The number of H-pyrrole nitrogens is 1. The van der Waals surface area contributed by atoms with Crippen LogP contribution < -0.4 is 10.2 Å². The number of aromatic amines is 1. The van der Waals surface area contributed by atoms with Crippen molar-refractivity contribution in [2.24, 2.45) is 0 Å². The third-order valence-corrected chi connectivity index (χ3v) is 5.38. The van der Waals surface area contributed by atoms with Gasteiger partial charge in [-0.05, 0) is 56.5 Å². The van der Waals surface area contributed by atoms with E-state index in [9.17, 15) is 9.59 Å². The van der Waals surface area contributed by atoms with Crippen LogP contribution in [0.4, 0.5) is 11.4 Å². The van der Waals surface area contributed by atoms with Crippen molar-refractivity contribution >= 4 is 23.3 Å². The van der Waals surface area contributed by atoms with Gasteiger partial charge in [-0.3, -0.25) is 9.89 Å². The fraction of sp³-hybridized carbons (Fsp3) is 0.292. The highest BCUT2D eigenvalue weighted by molar-refractivity contribution is 5.97. The van der Waals surface area contributed by atoms with Crippen LogP contribution in [-0.2, 0) is 9.53 Å². The van der Waals surface area contributed by atoms with Crippen LogP contribution in [0.2, 0.25) is 0 Å². The third kappa shape index (κ3) is 5.12. The Kier molecular flexibility index (Phi) is 6.31. The van der Waals surface area contributed by atoms with Gasteiger partial charge in [-0.1, -0.05) is 30.3 Å². The molecular weight excluding hydrogens is 392 g/mol. The molecule has 0 aliphatic carbocycles. The van der Waals surface area contributed by atoms with E-state index in [1.54, 1.807) is 13.0 Å². The number of hydrogen-bond donors (Lipinski definition) is 2. The van der Waals surface area contributed by atoms with E-state index in [0.29, 0.717) is 11.4 Å². The number of benzene rings is 2. The number of esters is 1. The summed E-state index contributed by atoms with van der Waals surface area (Å²) in [6.45, 7) is 3.68. The summed E-state index contributed by atoms with van der Waals surface area (Å²) in [5, 5.41) is 9.62. The molecule has 0 unspecified atom stereocenters. The van der Waals surface area contributed by atoms with Gasteiger partial charge in [0, 0.05) is 30.0 Å². The number of rotatable bonds is 6. The van der Waals surface area contributed by atoms with Crippen LogP contribution in [0.1, 0.15) is 36.7 Å². The van der Waals surface area contributed by atoms with E-state index in [4.69, 9.17) is 4.74 Å². The minimum atomic E-state index is -0.947. The second-order valence-corrected chi connectivity index (χ2v) is 7.66. The Labute approximate surface area is 181 Å². The first-order chi connectivity index (χ1) is 15.1. The number of ether oxygens (including phenoxy) is 1. The summed E-state index contributed by atoms with van der Waals surface area (Å²) in [7, 11) is 0. The number of aromatic nitrogens is 2. The van der Waals surface area contributed by atoms with Gasteiger partial charge in [-0.25, -0.2) is 4.79 Å². The van der Waals surface area contributed by atoms with E-state index in [2.05, 4.69) is 20.4 Å². The van der Waals surface area contributed by atoms with Crippen LogP contribution in [0, 0.1) is 0 Å². The molecule has 2 heterocycles. The van der Waals surface area contributed by atoms with Crippen molar-refractivity contribution < 1.29 is 14.3 Å². The Morgan fingerprint density at radius 2 is 1.74 bits per heavy atom. The number of carbonyl (C=O) groups excluding carboxylic acids is 2. The lowest BCUT2D eigenvalue weighted by atomic mass is 10.1. The number of piperidine rings is 1. The molecule has 0 radical (unpaired) electrons. The molecule has 160 valence electrons. The molecule has 4 rings (SSSR count). The van der Waals surface area contributed by atoms with Crippen LogP contribution in [0.25, 0.3) is 11.3 Å². The van der Waals surface area contributed by atoms with E-state index < -0.39 is 12.1 Å². The zero-order valence-corrected chi connectivity index (χ0v) is 17.5. The summed E-state index contributed by atoms with van der Waals surface area (Å²) >= 11 is 0. The maximum absolute atomic E-state index is 12.5. The van der Waals surface area contributed by atoms with Gasteiger partial charge in [0.25, 0.3) is 5.91 Å². The first-order valence-corrected chi connectivity index (χ1v) is 10.6. The van der Waals surface area contributed by atoms with Crippen molar-refractivity contribution in [2.45, 2.75) is 32.3 Å². The highest BCUT2D eigenvalue weighted by Gasteiger charge is 2.21. The standard InChI is InChI=1S/C24H26N4O3/c1-17(31-24(30)22-16-21(26-27-22)18-8-4-2-5-9-18)23(29)25-19-10-12-20(13-11-19)28-14-6-3-7-15-28/h2,4-5,8-13,16-17H,3,6-7,14-15H2,1H3,(H,25,29)(H,26,27)/t17-/m0/s1. The lowest BCUT2D eigenvalue weighted by molar-refractivity contribution is -0.123. The lowest BCUT2D eigenvalue weighted by Crippen LogP contribution is -2.30. The van der Waals surface area contributed by atoms with E-state index >= 15 is 0 Å². The normalized spacial score (nSPS) is 14.7. The van der Waals surface area contributed by atoms with Gasteiger partial charge in [0.1, 0.15) is 5.69 Å². The van der Waals surface area contributed by atoms with E-state index in [1.165, 1.54) is 19.3 Å². The molecule has 7 nitrogen and oxygen atoms in total. The van der Waals surface area contributed by atoms with Gasteiger partial charge in [-0.15, -0.1) is 0 Å². The van der Waals surface area contributed by atoms with Crippen molar-refractivity contribution in [3.8, 4) is 11.3 Å². The van der Waals surface area contributed by atoms with Crippen LogP contribution in [0.3, 0.4) is 0 Å². The van der Waals surface area contributed by atoms with Crippen LogP contribution >= 0.6 is 0 Å². The molecule has 3 aromatic rings. The fourth-order valence-corrected chi connectivity index (χ4v) is 3.61. The molecule has 1 atom stereocenters. The number of hydrogen-bond acceptors (Lipinski definition) is 5. The molecule has 31 heavy (non-hydrogen) atoms. The summed E-state index contributed by atoms with van der Waals surface area (Å²) in [4.78, 5) is 27.2. The molecule has 1 aromatic heterocycles. The molecule has 1 aliphatic heterocycles. The summed E-state index contributed by atoms with van der Waals surface area (Å²) < 4.78 is 5.31. The molecule has 0 bridgehead atoms. The summed E-state index contributed by atoms with van der Waals surface area (Å²) in [5.41, 5.74) is 3.55. The molecule has 1 aliphatic rings. The van der Waals surface area contributed by atoms with Gasteiger partial charge < -0.3 is 15.0 Å². The van der Waals surface area contributed by atoms with Gasteiger partial charge in [0.15, 0.2) is 6.10 Å². The predicted octanol–water partition coefficient (Wildman–Crippen LogP) is 4.25. The third-order valence-electron chi connectivity index (χ3n) is 5.38. The number of anilines is 2. The molecule has 2 aromatic carbocycles. The lowest BCUT2D eigenvalue weighted by Gasteiger charge is -2.28. The zero-order valence-electron chi connectivity index (χ0n) is 17.5. The predicted molar refractivity (Wildman–Crippen MR) is 120 cm³/mol. The minimum absolute atomic E-state index is 0.199. The van der Waals surface area contributed by atoms with E-state index in [0.717, 1.165) is 24.3 Å². The number of amides is 1. The van der Waals surface area contributed by atoms with Crippen LogP contribution in [-0.4, -0.2) is 41.3 Å². The summed E-state index contributed by atoms with van der Waals surface area (Å²) in [6, 6.07) is 18.9. The number of nitrogens with zero attached hydrogens (tertiary/aromatic N) is 2. The zero-order chi connectivity index (χ0) is 21.6. The van der Waals surface area contributed by atoms with Crippen molar-refractivity contribution in [1.82, 2.24) is 10.2 Å². The highest BCUT2D eigenvalue weighted by atomic mass is 16.5.